The number of nitriles is 1. The number of likely N-dealkylation sites (tertiary alicyclic amines) is 1. The maximum absolute atomic E-state index is 15.3. The highest BCUT2D eigenvalue weighted by Crippen LogP contribution is 2.56. The summed E-state index contributed by atoms with van der Waals surface area (Å²) in [5.74, 6) is -0.203. The Hall–Kier alpha value is -4.25. The van der Waals surface area contributed by atoms with Gasteiger partial charge in [-0.05, 0) is 74.6 Å². The average molecular weight is 648 g/mol. The van der Waals surface area contributed by atoms with Gasteiger partial charge in [-0.3, -0.25) is 9.69 Å². The Morgan fingerprint density at radius 1 is 1.16 bits per heavy atom. The van der Waals surface area contributed by atoms with E-state index in [2.05, 4.69) is 4.98 Å². The first kappa shape index (κ1) is 30.8. The van der Waals surface area contributed by atoms with Crippen LogP contribution in [-0.4, -0.2) is 68.1 Å². The molecule has 3 heterocycles. The van der Waals surface area contributed by atoms with Gasteiger partial charge in [0.05, 0.1) is 47.7 Å². The van der Waals surface area contributed by atoms with Crippen LogP contribution in [0.5, 0.6) is 5.75 Å². The SMILES string of the molecule is COc1cc(CN(C)C)ccc1C1(N2CC(O)CC2c2ncco2)C(=O)N(S(=O)(=O)c2ccc(C#N)cc2)c2ccc(Cl)cc21. The van der Waals surface area contributed by atoms with Crippen LogP contribution in [0.4, 0.5) is 5.69 Å². The number of β-amino-alcohol motifs (C(OH)–C–C–N with tert-alkyl or cyclic N) is 1. The van der Waals surface area contributed by atoms with Gasteiger partial charge in [0.2, 0.25) is 5.89 Å². The monoisotopic (exact) mass is 647 g/mol. The minimum atomic E-state index is -4.52. The number of fused-ring (bicyclic) bond motifs is 1. The quantitative estimate of drug-likeness (QED) is 0.298. The van der Waals surface area contributed by atoms with E-state index in [0.717, 1.165) is 9.87 Å². The first-order valence-electron chi connectivity index (χ1n) is 14.1. The molecule has 0 saturated carbocycles. The van der Waals surface area contributed by atoms with Crippen LogP contribution in [0.15, 0.2) is 82.4 Å². The molecule has 1 saturated heterocycles. The maximum Gasteiger partial charge on any atom is 0.271 e. The smallest absolute Gasteiger partial charge is 0.271 e. The molecule has 0 bridgehead atoms. The summed E-state index contributed by atoms with van der Waals surface area (Å²) in [6.07, 6.45) is 2.17. The summed E-state index contributed by atoms with van der Waals surface area (Å²) in [6, 6.07) is 16.6. The number of carbonyl (C=O) groups is 1. The largest absolute Gasteiger partial charge is 0.496 e. The number of halogens is 1. The Morgan fingerprint density at radius 2 is 1.91 bits per heavy atom. The highest BCUT2D eigenvalue weighted by molar-refractivity contribution is 7.93. The molecule has 2 aliphatic rings. The minimum Gasteiger partial charge on any atom is -0.496 e. The summed E-state index contributed by atoms with van der Waals surface area (Å²) in [7, 11) is 0.825. The van der Waals surface area contributed by atoms with Crippen LogP contribution in [0.2, 0.25) is 5.02 Å². The summed E-state index contributed by atoms with van der Waals surface area (Å²) < 4.78 is 41.2. The molecule has 1 N–H and O–H groups in total. The van der Waals surface area contributed by atoms with Crippen molar-refractivity contribution in [1.29, 1.82) is 5.26 Å². The zero-order chi connectivity index (χ0) is 32.1. The number of sulfonamides is 1. The lowest BCUT2D eigenvalue weighted by Gasteiger charge is -2.41. The number of nitrogens with zero attached hydrogens (tertiary/aromatic N) is 5. The van der Waals surface area contributed by atoms with Gasteiger partial charge in [-0.1, -0.05) is 23.7 Å². The van der Waals surface area contributed by atoms with Crippen molar-refractivity contribution in [3.8, 4) is 11.8 Å². The van der Waals surface area contributed by atoms with E-state index in [1.165, 1.54) is 56.0 Å². The second-order valence-corrected chi connectivity index (χ2v) is 13.5. The molecular formula is C32H30ClN5O6S. The Bertz CT molecular complexity index is 1910. The normalized spacial score (nSPS) is 21.7. The fourth-order valence-corrected chi connectivity index (χ4v) is 8.03. The predicted octanol–water partition coefficient (Wildman–Crippen LogP) is 4.06. The molecule has 0 spiro atoms. The molecule has 232 valence electrons. The lowest BCUT2D eigenvalue weighted by Crippen LogP contribution is -2.55. The molecule has 13 heteroatoms. The minimum absolute atomic E-state index is 0.0158. The molecule has 3 aromatic carbocycles. The third-order valence-electron chi connectivity index (χ3n) is 8.18. The van der Waals surface area contributed by atoms with E-state index in [1.807, 2.05) is 37.2 Å². The van der Waals surface area contributed by atoms with E-state index in [4.69, 9.17) is 20.8 Å². The molecule has 6 rings (SSSR count). The van der Waals surface area contributed by atoms with Crippen LogP contribution in [0.1, 0.15) is 40.6 Å². The van der Waals surface area contributed by atoms with Crippen molar-refractivity contribution < 1.29 is 27.5 Å². The zero-order valence-corrected chi connectivity index (χ0v) is 26.3. The third-order valence-corrected chi connectivity index (χ3v) is 10.1. The van der Waals surface area contributed by atoms with Crippen LogP contribution in [0, 0.1) is 11.3 Å². The van der Waals surface area contributed by atoms with E-state index in [0.29, 0.717) is 23.4 Å². The number of rotatable bonds is 8. The van der Waals surface area contributed by atoms with E-state index in [1.54, 1.807) is 17.0 Å². The number of aliphatic hydroxyl groups excluding tert-OH is 1. The summed E-state index contributed by atoms with van der Waals surface area (Å²) >= 11 is 6.58. The van der Waals surface area contributed by atoms with Crippen molar-refractivity contribution in [3.05, 3.63) is 106 Å². The maximum atomic E-state index is 15.3. The van der Waals surface area contributed by atoms with Crippen molar-refractivity contribution in [2.75, 3.05) is 32.1 Å². The number of ether oxygens (including phenoxy) is 1. The topological polar surface area (TPSA) is 140 Å². The molecule has 45 heavy (non-hydrogen) atoms. The number of aliphatic hydroxyl groups is 1. The number of carbonyl (C=O) groups excluding carboxylic acids is 1. The van der Waals surface area contributed by atoms with E-state index < -0.39 is 33.6 Å². The van der Waals surface area contributed by atoms with E-state index in [9.17, 15) is 18.8 Å². The molecular weight excluding hydrogens is 618 g/mol. The summed E-state index contributed by atoms with van der Waals surface area (Å²) in [5, 5.41) is 20.6. The van der Waals surface area contributed by atoms with Crippen LogP contribution in [0.3, 0.4) is 0 Å². The van der Waals surface area contributed by atoms with Crippen molar-refractivity contribution in [2.45, 2.75) is 35.5 Å². The number of hydrogen-bond acceptors (Lipinski definition) is 10. The summed E-state index contributed by atoms with van der Waals surface area (Å²) in [6.45, 7) is 0.568. The van der Waals surface area contributed by atoms with Gasteiger partial charge in [0.25, 0.3) is 15.9 Å². The fourth-order valence-electron chi connectivity index (χ4n) is 6.40. The van der Waals surface area contributed by atoms with Gasteiger partial charge in [-0.2, -0.15) is 5.26 Å². The molecule has 3 unspecified atom stereocenters. The second-order valence-electron chi connectivity index (χ2n) is 11.3. The zero-order valence-electron chi connectivity index (χ0n) is 24.7. The number of methoxy groups -OCH3 is 1. The van der Waals surface area contributed by atoms with Gasteiger partial charge in [0.1, 0.15) is 12.0 Å². The highest BCUT2D eigenvalue weighted by Gasteiger charge is 2.63. The fraction of sp³-hybridized carbons (Fsp3) is 0.281. The summed E-state index contributed by atoms with van der Waals surface area (Å²) in [5.41, 5.74) is 0.0794. The van der Waals surface area contributed by atoms with Crippen LogP contribution in [0.25, 0.3) is 0 Å². The number of hydrogen-bond donors (Lipinski definition) is 1. The average Bonchev–Trinajstić information content (AvgIpc) is 3.74. The second kappa shape index (κ2) is 11.6. The molecule has 4 aromatic rings. The first-order valence-corrected chi connectivity index (χ1v) is 15.9. The third kappa shape index (κ3) is 4.97. The van der Waals surface area contributed by atoms with E-state index in [-0.39, 0.29) is 40.0 Å². The number of aromatic nitrogens is 1. The number of amides is 1. The van der Waals surface area contributed by atoms with Gasteiger partial charge in [-0.15, -0.1) is 0 Å². The molecule has 11 nitrogen and oxygen atoms in total. The lowest BCUT2D eigenvalue weighted by atomic mass is 9.80. The number of benzene rings is 3. The van der Waals surface area contributed by atoms with Crippen molar-refractivity contribution in [2.24, 2.45) is 0 Å². The Balaban J connectivity index is 1.66. The Morgan fingerprint density at radius 3 is 2.56 bits per heavy atom. The van der Waals surface area contributed by atoms with Gasteiger partial charge in [0, 0.05) is 29.2 Å². The molecule has 1 amide bonds. The standard InChI is InChI=1S/C32H30ClN5O6S/c1-36(2)18-21-6-10-25(29(14-21)43-3)32(37-19-23(39)16-28(37)30-35-12-13-44-30)26-15-22(33)7-11-27(26)38(31(32)40)45(41,42)24-8-4-20(17-34)5-9-24/h4-15,23,28,39H,16,18-19H2,1-3H3. The van der Waals surface area contributed by atoms with Crippen molar-refractivity contribution in [1.82, 2.24) is 14.8 Å². The highest BCUT2D eigenvalue weighted by atomic mass is 35.5. The molecule has 0 radical (unpaired) electrons. The molecule has 0 aliphatic carbocycles. The van der Waals surface area contributed by atoms with Crippen molar-refractivity contribution >= 4 is 33.2 Å². The van der Waals surface area contributed by atoms with E-state index >= 15 is 4.79 Å². The molecule has 3 atom stereocenters. The molecule has 1 aromatic heterocycles. The summed E-state index contributed by atoms with van der Waals surface area (Å²) in [4.78, 5) is 23.2. The van der Waals surface area contributed by atoms with Crippen LogP contribution in [-0.2, 0) is 26.9 Å². The van der Waals surface area contributed by atoms with Gasteiger partial charge in [0.15, 0.2) is 5.54 Å². The van der Waals surface area contributed by atoms with Crippen LogP contribution >= 0.6 is 11.6 Å². The van der Waals surface area contributed by atoms with Gasteiger partial charge >= 0.3 is 0 Å². The number of oxazole rings is 1. The molecule has 2 aliphatic heterocycles. The van der Waals surface area contributed by atoms with Crippen molar-refractivity contribution in [3.63, 3.8) is 0 Å². The molecule has 1 fully saturated rings. The number of anilines is 1. The Labute approximate surface area is 265 Å². The predicted molar refractivity (Wildman–Crippen MR) is 165 cm³/mol. The first-order chi connectivity index (χ1) is 21.5. The van der Waals surface area contributed by atoms with Gasteiger partial charge < -0.3 is 19.2 Å². The van der Waals surface area contributed by atoms with Crippen LogP contribution < -0.4 is 9.04 Å². The van der Waals surface area contributed by atoms with Gasteiger partial charge in [-0.25, -0.2) is 17.7 Å². The lowest BCUT2D eigenvalue weighted by molar-refractivity contribution is -0.127. The Kier molecular flexibility index (Phi) is 7.93.